The number of hydrogen-bond acceptors (Lipinski definition) is 4. The lowest BCUT2D eigenvalue weighted by atomic mass is 10.2. The lowest BCUT2D eigenvalue weighted by Gasteiger charge is -1.96. The minimum absolute atomic E-state index is 0.145. The Balaban J connectivity index is 2.75. The van der Waals surface area contributed by atoms with Crippen molar-refractivity contribution < 1.29 is 4.79 Å². The Bertz CT molecular complexity index is 540. The topological polar surface area (TPSA) is 72.9 Å². The van der Waals surface area contributed by atoms with Crippen LogP contribution >= 0.6 is 11.3 Å². The summed E-state index contributed by atoms with van der Waals surface area (Å²) in [4.78, 5) is 13.0. The number of nitrogens with two attached hydrogens (primary N) is 1. The summed E-state index contributed by atoms with van der Waals surface area (Å²) < 4.78 is 1.75. The first-order chi connectivity index (χ1) is 7.06. The maximum atomic E-state index is 11.5. The van der Waals surface area contributed by atoms with E-state index >= 15 is 0 Å². The van der Waals surface area contributed by atoms with Gasteiger partial charge in [0.05, 0.1) is 16.8 Å². The van der Waals surface area contributed by atoms with E-state index in [0.29, 0.717) is 10.6 Å². The van der Waals surface area contributed by atoms with E-state index in [-0.39, 0.29) is 5.91 Å². The molecule has 0 saturated heterocycles. The number of amides is 1. The number of fused-ring (bicyclic) bond motifs is 1. The molecule has 0 atom stereocenters. The van der Waals surface area contributed by atoms with Crippen molar-refractivity contribution in [1.29, 1.82) is 0 Å². The molecule has 2 rings (SSSR count). The molecule has 1 amide bonds. The number of carbonyl (C=O) groups is 1. The third-order valence-electron chi connectivity index (χ3n) is 2.32. The standard InChI is InChI=1S/C9H12N4OS/c1-4-5-6(10)7(8(14)11-2)15-9(5)13(3)12-4/h10H2,1-3H3,(H,11,14). The molecule has 2 aromatic heterocycles. The highest BCUT2D eigenvalue weighted by Crippen LogP contribution is 2.35. The highest BCUT2D eigenvalue weighted by atomic mass is 32.1. The maximum Gasteiger partial charge on any atom is 0.263 e. The molecule has 0 aliphatic carbocycles. The van der Waals surface area contributed by atoms with Crippen LogP contribution in [-0.4, -0.2) is 22.7 Å². The molecule has 0 aliphatic rings. The van der Waals surface area contributed by atoms with E-state index in [0.717, 1.165) is 15.9 Å². The monoisotopic (exact) mass is 224 g/mol. The van der Waals surface area contributed by atoms with E-state index in [1.54, 1.807) is 11.7 Å². The predicted molar refractivity (Wildman–Crippen MR) is 61.1 cm³/mol. The first kappa shape index (κ1) is 9.97. The number of hydrogen-bond donors (Lipinski definition) is 2. The van der Waals surface area contributed by atoms with Gasteiger partial charge in [-0.1, -0.05) is 0 Å². The molecule has 15 heavy (non-hydrogen) atoms. The van der Waals surface area contributed by atoms with Crippen LogP contribution in [0.2, 0.25) is 0 Å². The largest absolute Gasteiger partial charge is 0.397 e. The van der Waals surface area contributed by atoms with Gasteiger partial charge in [-0.15, -0.1) is 11.3 Å². The van der Waals surface area contributed by atoms with E-state index in [1.165, 1.54) is 11.3 Å². The molecule has 0 aliphatic heterocycles. The van der Waals surface area contributed by atoms with E-state index in [1.807, 2.05) is 14.0 Å². The second-order valence-electron chi connectivity index (χ2n) is 3.31. The number of nitrogen functional groups attached to an aromatic ring is 1. The average molecular weight is 224 g/mol. The van der Waals surface area contributed by atoms with Crippen LogP contribution in [0.15, 0.2) is 0 Å². The fourth-order valence-corrected chi connectivity index (χ4v) is 2.74. The number of thiophene rings is 1. The van der Waals surface area contributed by atoms with Gasteiger partial charge in [0.15, 0.2) is 0 Å². The molecule has 2 aromatic rings. The molecular weight excluding hydrogens is 212 g/mol. The summed E-state index contributed by atoms with van der Waals surface area (Å²) in [6.07, 6.45) is 0. The van der Waals surface area contributed by atoms with E-state index in [2.05, 4.69) is 10.4 Å². The Morgan fingerprint density at radius 3 is 2.80 bits per heavy atom. The van der Waals surface area contributed by atoms with Crippen LogP contribution in [0.4, 0.5) is 5.69 Å². The molecule has 6 heteroatoms. The number of carbonyl (C=O) groups excluding carboxylic acids is 1. The second-order valence-corrected chi connectivity index (χ2v) is 4.31. The molecule has 0 bridgehead atoms. The van der Waals surface area contributed by atoms with Crippen molar-refractivity contribution >= 4 is 33.1 Å². The predicted octanol–water partition coefficient (Wildman–Crippen LogP) is 0.885. The van der Waals surface area contributed by atoms with Gasteiger partial charge in [-0.25, -0.2) is 0 Å². The fraction of sp³-hybridized carbons (Fsp3) is 0.333. The third-order valence-corrected chi connectivity index (χ3v) is 3.59. The maximum absolute atomic E-state index is 11.5. The Morgan fingerprint density at radius 1 is 1.60 bits per heavy atom. The lowest BCUT2D eigenvalue weighted by Crippen LogP contribution is -2.17. The van der Waals surface area contributed by atoms with Crippen LogP contribution in [0, 0.1) is 6.92 Å². The summed E-state index contributed by atoms with van der Waals surface area (Å²) in [7, 11) is 3.44. The van der Waals surface area contributed by atoms with Crippen molar-refractivity contribution in [2.75, 3.05) is 12.8 Å². The summed E-state index contributed by atoms with van der Waals surface area (Å²) in [5.41, 5.74) is 7.31. The van der Waals surface area contributed by atoms with Crippen molar-refractivity contribution in [3.05, 3.63) is 10.6 Å². The molecular formula is C9H12N4OS. The van der Waals surface area contributed by atoms with Crippen molar-refractivity contribution in [2.45, 2.75) is 6.92 Å². The Labute approximate surface area is 90.9 Å². The summed E-state index contributed by atoms with van der Waals surface area (Å²) in [6, 6.07) is 0. The van der Waals surface area contributed by atoms with Crippen molar-refractivity contribution in [3.63, 3.8) is 0 Å². The summed E-state index contributed by atoms with van der Waals surface area (Å²) in [5.74, 6) is -0.145. The van der Waals surface area contributed by atoms with Gasteiger partial charge in [0, 0.05) is 14.1 Å². The number of anilines is 1. The van der Waals surface area contributed by atoms with E-state index in [9.17, 15) is 4.79 Å². The van der Waals surface area contributed by atoms with Crippen LogP contribution in [0.25, 0.3) is 10.2 Å². The highest BCUT2D eigenvalue weighted by molar-refractivity contribution is 7.21. The van der Waals surface area contributed by atoms with Crippen LogP contribution in [0.5, 0.6) is 0 Å². The summed E-state index contributed by atoms with van der Waals surface area (Å²) in [5, 5.41) is 7.72. The minimum Gasteiger partial charge on any atom is -0.397 e. The first-order valence-corrected chi connectivity index (χ1v) is 5.31. The zero-order chi connectivity index (χ0) is 11.2. The van der Waals surface area contributed by atoms with Crippen LogP contribution in [0.3, 0.4) is 0 Å². The third kappa shape index (κ3) is 1.29. The normalized spacial score (nSPS) is 10.9. The van der Waals surface area contributed by atoms with Gasteiger partial charge < -0.3 is 11.1 Å². The lowest BCUT2D eigenvalue weighted by molar-refractivity contribution is 0.0968. The molecule has 0 spiro atoms. The zero-order valence-electron chi connectivity index (χ0n) is 8.79. The Hall–Kier alpha value is -1.56. The number of rotatable bonds is 1. The van der Waals surface area contributed by atoms with Gasteiger partial charge >= 0.3 is 0 Å². The van der Waals surface area contributed by atoms with Crippen LogP contribution in [-0.2, 0) is 7.05 Å². The fourth-order valence-electron chi connectivity index (χ4n) is 1.61. The molecule has 0 aromatic carbocycles. The second kappa shape index (κ2) is 3.23. The molecule has 0 unspecified atom stereocenters. The van der Waals surface area contributed by atoms with Gasteiger partial charge in [0.2, 0.25) is 0 Å². The van der Waals surface area contributed by atoms with Gasteiger partial charge in [0.1, 0.15) is 9.71 Å². The smallest absolute Gasteiger partial charge is 0.263 e. The minimum atomic E-state index is -0.145. The Morgan fingerprint density at radius 2 is 2.27 bits per heavy atom. The number of aryl methyl sites for hydroxylation is 2. The SMILES string of the molecule is CNC(=O)c1sc2c(c(C)nn2C)c1N. The van der Waals surface area contributed by atoms with Gasteiger partial charge in [-0.2, -0.15) is 5.10 Å². The van der Waals surface area contributed by atoms with Gasteiger partial charge in [-0.3, -0.25) is 9.48 Å². The number of nitrogens with zero attached hydrogens (tertiary/aromatic N) is 2. The van der Waals surface area contributed by atoms with Gasteiger partial charge in [0.25, 0.3) is 5.91 Å². The van der Waals surface area contributed by atoms with Gasteiger partial charge in [-0.05, 0) is 6.92 Å². The quantitative estimate of drug-likeness (QED) is 0.755. The van der Waals surface area contributed by atoms with Crippen LogP contribution < -0.4 is 11.1 Å². The van der Waals surface area contributed by atoms with Crippen LogP contribution in [0.1, 0.15) is 15.4 Å². The molecule has 5 nitrogen and oxygen atoms in total. The summed E-state index contributed by atoms with van der Waals surface area (Å²) >= 11 is 1.37. The van der Waals surface area contributed by atoms with E-state index < -0.39 is 0 Å². The van der Waals surface area contributed by atoms with Crippen molar-refractivity contribution in [3.8, 4) is 0 Å². The Kier molecular flexibility index (Phi) is 2.15. The highest BCUT2D eigenvalue weighted by Gasteiger charge is 2.19. The molecule has 0 saturated carbocycles. The molecule has 0 radical (unpaired) electrons. The number of nitrogens with one attached hydrogen (secondary N) is 1. The molecule has 3 N–H and O–H groups in total. The van der Waals surface area contributed by atoms with E-state index in [4.69, 9.17) is 5.73 Å². The first-order valence-electron chi connectivity index (χ1n) is 4.50. The van der Waals surface area contributed by atoms with Crippen molar-refractivity contribution in [2.24, 2.45) is 7.05 Å². The average Bonchev–Trinajstić information content (AvgIpc) is 2.67. The zero-order valence-corrected chi connectivity index (χ0v) is 9.60. The van der Waals surface area contributed by atoms with Crippen molar-refractivity contribution in [1.82, 2.24) is 15.1 Å². The molecule has 2 heterocycles. The molecule has 80 valence electrons. The molecule has 0 fully saturated rings. The summed E-state index contributed by atoms with van der Waals surface area (Å²) in [6.45, 7) is 1.89. The number of aromatic nitrogens is 2.